The van der Waals surface area contributed by atoms with Crippen molar-refractivity contribution < 1.29 is 9.21 Å². The fraction of sp³-hybridized carbons (Fsp3) is 0.182. The maximum Gasteiger partial charge on any atom is 0.239 e. The van der Waals surface area contributed by atoms with Crippen LogP contribution in [0.15, 0.2) is 70.2 Å². The van der Waals surface area contributed by atoms with Gasteiger partial charge < -0.3 is 4.42 Å². The van der Waals surface area contributed by atoms with Gasteiger partial charge in [0.1, 0.15) is 5.76 Å². The molecule has 0 aliphatic heterocycles. The summed E-state index contributed by atoms with van der Waals surface area (Å²) in [4.78, 5) is 20.6. The molecule has 0 radical (unpaired) electrons. The van der Waals surface area contributed by atoms with E-state index in [0.29, 0.717) is 17.4 Å². The lowest BCUT2D eigenvalue weighted by Crippen LogP contribution is -2.31. The van der Waals surface area contributed by atoms with Crippen LogP contribution in [-0.2, 0) is 11.3 Å². The van der Waals surface area contributed by atoms with Crippen LogP contribution in [0.25, 0.3) is 10.2 Å². The smallest absolute Gasteiger partial charge is 0.239 e. The quantitative estimate of drug-likeness (QED) is 0.377. The molecule has 0 bridgehead atoms. The molecule has 0 spiro atoms. The Kier molecular flexibility index (Phi) is 5.50. The third-order valence-electron chi connectivity index (χ3n) is 4.34. The van der Waals surface area contributed by atoms with Gasteiger partial charge in [-0.3, -0.25) is 9.69 Å². The standard InChI is InChI=1S/C22H20N2O2S2/c1-15-5-8-18(9-6-15)27-14-21(25)24(13-17-4-3-11-26-17)22-23-19-10-7-16(2)12-20(19)28-22/h3-12H,13-14H2,1-2H3. The number of amides is 1. The second kappa shape index (κ2) is 8.20. The van der Waals surface area contributed by atoms with E-state index in [0.717, 1.165) is 20.9 Å². The highest BCUT2D eigenvalue weighted by atomic mass is 32.2. The lowest BCUT2D eigenvalue weighted by atomic mass is 10.2. The van der Waals surface area contributed by atoms with Crippen molar-refractivity contribution in [3.05, 3.63) is 77.7 Å². The molecule has 142 valence electrons. The fourth-order valence-electron chi connectivity index (χ4n) is 2.81. The van der Waals surface area contributed by atoms with Crippen LogP contribution in [0, 0.1) is 13.8 Å². The minimum Gasteiger partial charge on any atom is -0.467 e. The normalized spacial score (nSPS) is 11.1. The molecule has 0 saturated heterocycles. The van der Waals surface area contributed by atoms with Gasteiger partial charge in [0, 0.05) is 4.90 Å². The molecule has 4 aromatic rings. The van der Waals surface area contributed by atoms with E-state index in [2.05, 4.69) is 32.0 Å². The molecular formula is C22H20N2O2S2. The summed E-state index contributed by atoms with van der Waals surface area (Å²) in [6.45, 7) is 4.49. The van der Waals surface area contributed by atoms with Crippen LogP contribution in [-0.4, -0.2) is 16.6 Å². The van der Waals surface area contributed by atoms with Gasteiger partial charge in [-0.1, -0.05) is 35.1 Å². The van der Waals surface area contributed by atoms with Crippen molar-refractivity contribution in [2.24, 2.45) is 0 Å². The minimum absolute atomic E-state index is 0.0118. The first-order chi connectivity index (χ1) is 13.6. The number of rotatable bonds is 6. The van der Waals surface area contributed by atoms with E-state index in [1.54, 1.807) is 11.2 Å². The van der Waals surface area contributed by atoms with Crippen molar-refractivity contribution in [2.75, 3.05) is 10.7 Å². The molecule has 6 heteroatoms. The molecule has 2 aromatic carbocycles. The van der Waals surface area contributed by atoms with Crippen molar-refractivity contribution >= 4 is 44.4 Å². The predicted molar refractivity (Wildman–Crippen MR) is 116 cm³/mol. The van der Waals surface area contributed by atoms with Crippen molar-refractivity contribution in [3.8, 4) is 0 Å². The number of hydrogen-bond donors (Lipinski definition) is 0. The van der Waals surface area contributed by atoms with E-state index in [1.165, 1.54) is 34.2 Å². The van der Waals surface area contributed by atoms with Crippen LogP contribution in [0.4, 0.5) is 5.13 Å². The number of anilines is 1. The zero-order valence-corrected chi connectivity index (χ0v) is 17.3. The Morgan fingerprint density at radius 1 is 1.11 bits per heavy atom. The van der Waals surface area contributed by atoms with Crippen molar-refractivity contribution in [1.82, 2.24) is 4.98 Å². The number of fused-ring (bicyclic) bond motifs is 1. The average Bonchev–Trinajstić information content (AvgIpc) is 3.34. The Hall–Kier alpha value is -2.57. The minimum atomic E-state index is 0.0118. The third kappa shape index (κ3) is 4.29. The fourth-order valence-corrected chi connectivity index (χ4v) is 4.67. The number of thioether (sulfide) groups is 1. The molecular weight excluding hydrogens is 388 g/mol. The molecule has 1 amide bonds. The van der Waals surface area contributed by atoms with E-state index >= 15 is 0 Å². The SMILES string of the molecule is Cc1ccc(SCC(=O)N(Cc2ccco2)c2nc3ccc(C)cc3s2)cc1. The zero-order chi connectivity index (χ0) is 19.5. The molecule has 0 unspecified atom stereocenters. The van der Waals surface area contributed by atoms with Crippen molar-refractivity contribution in [3.63, 3.8) is 0 Å². The second-order valence-electron chi connectivity index (χ2n) is 6.63. The number of aromatic nitrogens is 1. The number of furan rings is 1. The summed E-state index contributed by atoms with van der Waals surface area (Å²) in [7, 11) is 0. The molecule has 0 saturated carbocycles. The van der Waals surface area contributed by atoms with Crippen LogP contribution >= 0.6 is 23.1 Å². The van der Waals surface area contributed by atoms with Gasteiger partial charge in [-0.15, -0.1) is 11.8 Å². The largest absolute Gasteiger partial charge is 0.467 e. The van der Waals surface area contributed by atoms with Crippen molar-refractivity contribution in [2.45, 2.75) is 25.3 Å². The molecule has 4 rings (SSSR count). The van der Waals surface area contributed by atoms with Crippen molar-refractivity contribution in [1.29, 1.82) is 0 Å². The highest BCUT2D eigenvalue weighted by Crippen LogP contribution is 2.31. The van der Waals surface area contributed by atoms with Gasteiger partial charge in [0.05, 0.1) is 28.8 Å². The van der Waals surface area contributed by atoms with E-state index in [4.69, 9.17) is 9.40 Å². The lowest BCUT2D eigenvalue weighted by molar-refractivity contribution is -0.116. The van der Waals surface area contributed by atoms with E-state index in [9.17, 15) is 4.79 Å². The number of carbonyl (C=O) groups is 1. The molecule has 28 heavy (non-hydrogen) atoms. The van der Waals surface area contributed by atoms with Gasteiger partial charge in [-0.25, -0.2) is 4.98 Å². The average molecular weight is 409 g/mol. The molecule has 0 aliphatic carbocycles. The van der Waals surface area contributed by atoms with Gasteiger partial charge >= 0.3 is 0 Å². The first kappa shape index (κ1) is 18.8. The summed E-state index contributed by atoms with van der Waals surface area (Å²) in [5.41, 5.74) is 3.30. The summed E-state index contributed by atoms with van der Waals surface area (Å²) < 4.78 is 6.56. The highest BCUT2D eigenvalue weighted by molar-refractivity contribution is 8.00. The number of nitrogens with zero attached hydrogens (tertiary/aromatic N) is 2. The summed E-state index contributed by atoms with van der Waals surface area (Å²) in [5, 5.41) is 0.700. The zero-order valence-electron chi connectivity index (χ0n) is 15.7. The number of carbonyl (C=O) groups excluding carboxylic acids is 1. The van der Waals surface area contributed by atoms with Gasteiger partial charge in [0.25, 0.3) is 0 Å². The Morgan fingerprint density at radius 2 is 1.89 bits per heavy atom. The highest BCUT2D eigenvalue weighted by Gasteiger charge is 2.21. The maximum atomic E-state index is 13.1. The summed E-state index contributed by atoms with van der Waals surface area (Å²) in [5.74, 6) is 1.10. The van der Waals surface area contributed by atoms with Gasteiger partial charge in [-0.2, -0.15) is 0 Å². The van der Waals surface area contributed by atoms with Crippen LogP contribution in [0.1, 0.15) is 16.9 Å². The molecule has 4 nitrogen and oxygen atoms in total. The summed E-state index contributed by atoms with van der Waals surface area (Å²) >= 11 is 3.07. The lowest BCUT2D eigenvalue weighted by Gasteiger charge is -2.18. The molecule has 0 aliphatic rings. The monoisotopic (exact) mass is 408 g/mol. The Labute approximate surface area is 172 Å². The van der Waals surface area contributed by atoms with Crippen LogP contribution in [0.2, 0.25) is 0 Å². The third-order valence-corrected chi connectivity index (χ3v) is 6.38. The molecule has 0 atom stereocenters. The first-order valence-corrected chi connectivity index (χ1v) is 10.8. The van der Waals surface area contributed by atoms with E-state index < -0.39 is 0 Å². The van der Waals surface area contributed by atoms with Gasteiger partial charge in [-0.05, 0) is 55.8 Å². The number of benzene rings is 2. The second-order valence-corrected chi connectivity index (χ2v) is 8.69. The Balaban J connectivity index is 1.58. The maximum absolute atomic E-state index is 13.1. The predicted octanol–water partition coefficient (Wildman–Crippen LogP) is 5.83. The first-order valence-electron chi connectivity index (χ1n) is 8.98. The Morgan fingerprint density at radius 3 is 2.64 bits per heavy atom. The van der Waals surface area contributed by atoms with E-state index in [1.807, 2.05) is 36.4 Å². The van der Waals surface area contributed by atoms with Crippen LogP contribution < -0.4 is 4.90 Å². The number of hydrogen-bond acceptors (Lipinski definition) is 5. The molecule has 2 aromatic heterocycles. The van der Waals surface area contributed by atoms with E-state index in [-0.39, 0.29) is 5.91 Å². The van der Waals surface area contributed by atoms with Gasteiger partial charge in [0.2, 0.25) is 5.91 Å². The molecule has 0 fully saturated rings. The summed E-state index contributed by atoms with van der Waals surface area (Å²) in [6.07, 6.45) is 1.63. The Bertz CT molecular complexity index is 1090. The van der Waals surface area contributed by atoms with Crippen LogP contribution in [0.5, 0.6) is 0 Å². The number of aryl methyl sites for hydroxylation is 2. The molecule has 2 heterocycles. The molecule has 0 N–H and O–H groups in total. The summed E-state index contributed by atoms with van der Waals surface area (Å²) in [6, 6.07) is 18.1. The van der Waals surface area contributed by atoms with Gasteiger partial charge in [0.15, 0.2) is 5.13 Å². The number of thiazole rings is 1. The topological polar surface area (TPSA) is 46.3 Å². The van der Waals surface area contributed by atoms with Crippen LogP contribution in [0.3, 0.4) is 0 Å².